The Morgan fingerprint density at radius 2 is 2.40 bits per heavy atom. The maximum absolute atomic E-state index is 10.4. The van der Waals surface area contributed by atoms with E-state index >= 15 is 0 Å². The van der Waals surface area contributed by atoms with E-state index < -0.39 is 6.10 Å². The number of nitrogens with two attached hydrogens (primary N) is 1. The molecule has 0 aliphatic carbocycles. The third-order valence-corrected chi connectivity index (χ3v) is 1.24. The zero-order valence-electron chi connectivity index (χ0n) is 5.50. The van der Waals surface area contributed by atoms with Crippen LogP contribution in [0.5, 0.6) is 0 Å². The molecule has 5 heteroatoms. The molecular weight excluding hydrogens is 156 g/mol. The van der Waals surface area contributed by atoms with Crippen molar-refractivity contribution in [2.24, 2.45) is 5.73 Å². The highest BCUT2D eigenvalue weighted by atomic mass is 35.5. The summed E-state index contributed by atoms with van der Waals surface area (Å²) >= 11 is 0. The lowest BCUT2D eigenvalue weighted by molar-refractivity contribution is -0.130. The Kier molecular flexibility index (Phi) is 4.34. The van der Waals surface area contributed by atoms with Gasteiger partial charge in [0, 0.05) is 13.1 Å². The van der Waals surface area contributed by atoms with Crippen molar-refractivity contribution in [1.29, 1.82) is 0 Å². The molecular formula is C5H11ClN2O2. The van der Waals surface area contributed by atoms with E-state index in [0.29, 0.717) is 13.2 Å². The number of halogens is 1. The third-order valence-electron chi connectivity index (χ3n) is 1.24. The Morgan fingerprint density at radius 1 is 1.70 bits per heavy atom. The second-order valence-corrected chi connectivity index (χ2v) is 1.97. The summed E-state index contributed by atoms with van der Waals surface area (Å²) in [5, 5.41) is 2.99. The van der Waals surface area contributed by atoms with Gasteiger partial charge in [-0.2, -0.15) is 0 Å². The fourth-order valence-corrected chi connectivity index (χ4v) is 0.748. The Bertz CT molecular complexity index is 114. The van der Waals surface area contributed by atoms with Crippen molar-refractivity contribution in [3.05, 3.63) is 0 Å². The van der Waals surface area contributed by atoms with Gasteiger partial charge in [-0.05, 0) is 0 Å². The van der Waals surface area contributed by atoms with E-state index in [9.17, 15) is 4.79 Å². The van der Waals surface area contributed by atoms with Gasteiger partial charge in [0.2, 0.25) is 5.91 Å². The molecule has 0 aromatic carbocycles. The van der Waals surface area contributed by atoms with Crippen molar-refractivity contribution in [3.8, 4) is 0 Å². The standard InChI is InChI=1S/C5H10N2O2.ClH/c6-5(8)4-3-7-1-2-9-4;/h4,7H,1-3H2,(H2,6,8);1H/t4-;/m0./s1. The summed E-state index contributed by atoms with van der Waals surface area (Å²) in [6.07, 6.45) is -0.418. The molecule has 0 unspecified atom stereocenters. The summed E-state index contributed by atoms with van der Waals surface area (Å²) in [5.74, 6) is -0.387. The molecule has 1 fully saturated rings. The van der Waals surface area contributed by atoms with E-state index in [0.717, 1.165) is 6.54 Å². The predicted octanol–water partition coefficient (Wildman–Crippen LogP) is -1.12. The molecule has 1 aliphatic heterocycles. The summed E-state index contributed by atoms with van der Waals surface area (Å²) in [4.78, 5) is 10.4. The van der Waals surface area contributed by atoms with Crippen LogP contribution in [-0.4, -0.2) is 31.7 Å². The molecule has 1 saturated heterocycles. The molecule has 0 saturated carbocycles. The Morgan fingerprint density at radius 3 is 2.70 bits per heavy atom. The lowest BCUT2D eigenvalue weighted by Gasteiger charge is -2.20. The normalized spacial score (nSPS) is 25.0. The van der Waals surface area contributed by atoms with Gasteiger partial charge >= 0.3 is 0 Å². The van der Waals surface area contributed by atoms with Crippen LogP contribution in [0.1, 0.15) is 0 Å². The zero-order valence-corrected chi connectivity index (χ0v) is 6.32. The smallest absolute Gasteiger partial charge is 0.247 e. The van der Waals surface area contributed by atoms with Crippen LogP contribution in [0.3, 0.4) is 0 Å². The number of morpholine rings is 1. The van der Waals surface area contributed by atoms with Crippen molar-refractivity contribution in [3.63, 3.8) is 0 Å². The topological polar surface area (TPSA) is 64.4 Å². The number of rotatable bonds is 1. The van der Waals surface area contributed by atoms with Crippen LogP contribution in [0, 0.1) is 0 Å². The maximum Gasteiger partial charge on any atom is 0.247 e. The molecule has 0 radical (unpaired) electrons. The molecule has 4 nitrogen and oxygen atoms in total. The van der Waals surface area contributed by atoms with Crippen molar-refractivity contribution < 1.29 is 9.53 Å². The first-order valence-corrected chi connectivity index (χ1v) is 2.92. The van der Waals surface area contributed by atoms with E-state index in [1.807, 2.05) is 0 Å². The number of hydrogen-bond acceptors (Lipinski definition) is 3. The first-order chi connectivity index (χ1) is 4.30. The molecule has 0 aromatic rings. The molecule has 60 valence electrons. The molecule has 1 aliphatic rings. The summed E-state index contributed by atoms with van der Waals surface area (Å²) in [5.41, 5.74) is 4.96. The first kappa shape index (κ1) is 9.68. The Balaban J connectivity index is 0.000000810. The van der Waals surface area contributed by atoms with Crippen molar-refractivity contribution in [2.75, 3.05) is 19.7 Å². The van der Waals surface area contributed by atoms with Crippen LogP contribution >= 0.6 is 12.4 Å². The Hall–Kier alpha value is -0.320. The van der Waals surface area contributed by atoms with E-state index in [1.54, 1.807) is 0 Å². The van der Waals surface area contributed by atoms with Crippen LogP contribution in [0.25, 0.3) is 0 Å². The van der Waals surface area contributed by atoms with Gasteiger partial charge in [-0.1, -0.05) is 0 Å². The Labute approximate surface area is 65.5 Å². The average molecular weight is 167 g/mol. The number of ether oxygens (including phenoxy) is 1. The van der Waals surface area contributed by atoms with Crippen LogP contribution in [-0.2, 0) is 9.53 Å². The predicted molar refractivity (Wildman–Crippen MR) is 39.1 cm³/mol. The van der Waals surface area contributed by atoms with Gasteiger partial charge in [0.1, 0.15) is 6.10 Å². The van der Waals surface area contributed by atoms with Crippen molar-refractivity contribution in [2.45, 2.75) is 6.10 Å². The van der Waals surface area contributed by atoms with E-state index in [1.165, 1.54) is 0 Å². The van der Waals surface area contributed by atoms with Gasteiger partial charge in [-0.3, -0.25) is 4.79 Å². The molecule has 0 spiro atoms. The molecule has 3 N–H and O–H groups in total. The fourth-order valence-electron chi connectivity index (χ4n) is 0.748. The minimum atomic E-state index is -0.418. The molecule has 10 heavy (non-hydrogen) atoms. The van der Waals surface area contributed by atoms with Crippen molar-refractivity contribution >= 4 is 18.3 Å². The molecule has 0 bridgehead atoms. The molecule has 1 amide bonds. The van der Waals surface area contributed by atoms with Gasteiger partial charge in [0.25, 0.3) is 0 Å². The van der Waals surface area contributed by atoms with Crippen LogP contribution in [0.4, 0.5) is 0 Å². The summed E-state index contributed by atoms with van der Waals surface area (Å²) in [7, 11) is 0. The van der Waals surface area contributed by atoms with Gasteiger partial charge < -0.3 is 15.8 Å². The SMILES string of the molecule is Cl.NC(=O)[C@@H]1CNCCO1. The monoisotopic (exact) mass is 166 g/mol. The molecule has 1 atom stereocenters. The number of amides is 1. The average Bonchev–Trinajstić information content (AvgIpc) is 1.90. The summed E-state index contributed by atoms with van der Waals surface area (Å²) in [6, 6.07) is 0. The number of carbonyl (C=O) groups excluding carboxylic acids is 1. The van der Waals surface area contributed by atoms with Crippen molar-refractivity contribution in [1.82, 2.24) is 5.32 Å². The van der Waals surface area contributed by atoms with Crippen LogP contribution in [0.2, 0.25) is 0 Å². The second-order valence-electron chi connectivity index (χ2n) is 1.97. The van der Waals surface area contributed by atoms with Gasteiger partial charge in [-0.15, -0.1) is 12.4 Å². The highest BCUT2D eigenvalue weighted by Gasteiger charge is 2.17. The minimum absolute atomic E-state index is 0. The number of hydrogen-bond donors (Lipinski definition) is 2. The van der Waals surface area contributed by atoms with E-state index in [-0.39, 0.29) is 18.3 Å². The lowest BCUT2D eigenvalue weighted by Crippen LogP contribution is -2.45. The number of nitrogens with one attached hydrogen (secondary N) is 1. The first-order valence-electron chi connectivity index (χ1n) is 2.92. The number of carbonyl (C=O) groups is 1. The van der Waals surface area contributed by atoms with Gasteiger partial charge in [0.05, 0.1) is 6.61 Å². The van der Waals surface area contributed by atoms with Gasteiger partial charge in [0.15, 0.2) is 0 Å². The minimum Gasteiger partial charge on any atom is -0.367 e. The van der Waals surface area contributed by atoms with Gasteiger partial charge in [-0.25, -0.2) is 0 Å². The van der Waals surface area contributed by atoms with E-state index in [2.05, 4.69) is 5.32 Å². The molecule has 1 rings (SSSR count). The van der Waals surface area contributed by atoms with Crippen LogP contribution < -0.4 is 11.1 Å². The summed E-state index contributed by atoms with van der Waals surface area (Å²) < 4.78 is 5.00. The highest BCUT2D eigenvalue weighted by Crippen LogP contribution is 1.92. The molecule has 1 heterocycles. The maximum atomic E-state index is 10.4. The van der Waals surface area contributed by atoms with Crippen LogP contribution in [0.15, 0.2) is 0 Å². The van der Waals surface area contributed by atoms with E-state index in [4.69, 9.17) is 10.5 Å². The fraction of sp³-hybridized carbons (Fsp3) is 0.800. The quantitative estimate of drug-likeness (QED) is 0.519. The third kappa shape index (κ3) is 2.51. The molecule has 0 aromatic heterocycles. The second kappa shape index (κ2) is 4.49. The highest BCUT2D eigenvalue weighted by molar-refractivity contribution is 5.85. The number of primary amides is 1. The largest absolute Gasteiger partial charge is 0.367 e. The summed E-state index contributed by atoms with van der Waals surface area (Å²) in [6.45, 7) is 1.94. The lowest BCUT2D eigenvalue weighted by atomic mass is 10.3. The zero-order chi connectivity index (χ0) is 6.69.